The van der Waals surface area contributed by atoms with Crippen LogP contribution in [0.5, 0.6) is 0 Å². The van der Waals surface area contributed by atoms with E-state index >= 15 is 0 Å². The van der Waals surface area contributed by atoms with Crippen LogP contribution in [0.3, 0.4) is 0 Å². The summed E-state index contributed by atoms with van der Waals surface area (Å²) in [5.41, 5.74) is 6.20. The lowest BCUT2D eigenvalue weighted by molar-refractivity contribution is -0.115. The first-order valence-electron chi connectivity index (χ1n) is 5.60. The van der Waals surface area contributed by atoms with Gasteiger partial charge in [-0.05, 0) is 18.6 Å². The summed E-state index contributed by atoms with van der Waals surface area (Å²) in [6, 6.07) is 8.31. The predicted molar refractivity (Wildman–Crippen MR) is 69.2 cm³/mol. The quantitative estimate of drug-likeness (QED) is 0.779. The zero-order valence-corrected chi connectivity index (χ0v) is 10.3. The van der Waals surface area contributed by atoms with Crippen LogP contribution >= 0.6 is 11.8 Å². The topological polar surface area (TPSA) is 64.4 Å². The van der Waals surface area contributed by atoms with E-state index in [-0.39, 0.29) is 5.91 Å². The molecule has 92 valence electrons. The fourth-order valence-corrected chi connectivity index (χ4v) is 2.48. The van der Waals surface area contributed by atoms with Gasteiger partial charge in [-0.1, -0.05) is 12.1 Å². The van der Waals surface area contributed by atoms with Crippen LogP contribution in [-0.2, 0) is 9.53 Å². The van der Waals surface area contributed by atoms with E-state index in [0.29, 0.717) is 11.8 Å². The fourth-order valence-electron chi connectivity index (χ4n) is 1.73. The van der Waals surface area contributed by atoms with Gasteiger partial charge in [-0.2, -0.15) is 0 Å². The molecule has 0 spiro atoms. The zero-order chi connectivity index (χ0) is 12.1. The number of amides is 1. The summed E-state index contributed by atoms with van der Waals surface area (Å²) >= 11 is 1.46. The van der Waals surface area contributed by atoms with Crippen molar-refractivity contribution in [2.45, 2.75) is 17.4 Å². The maximum absolute atomic E-state index is 10.8. The molecule has 1 aliphatic heterocycles. The highest BCUT2D eigenvalue weighted by Crippen LogP contribution is 2.28. The average molecular weight is 252 g/mol. The Kier molecular flexibility index (Phi) is 4.28. The van der Waals surface area contributed by atoms with Gasteiger partial charge in [-0.15, -0.1) is 11.8 Å². The number of nitrogens with two attached hydrogens (primary N) is 1. The van der Waals surface area contributed by atoms with Crippen molar-refractivity contribution >= 4 is 23.4 Å². The molecule has 17 heavy (non-hydrogen) atoms. The number of benzene rings is 1. The van der Waals surface area contributed by atoms with Crippen molar-refractivity contribution in [2.75, 3.05) is 24.3 Å². The molecule has 1 atom stereocenters. The molecular weight excluding hydrogens is 236 g/mol. The van der Waals surface area contributed by atoms with Crippen molar-refractivity contribution in [3.63, 3.8) is 0 Å². The van der Waals surface area contributed by atoms with Crippen LogP contribution < -0.4 is 11.1 Å². The third-order valence-electron chi connectivity index (χ3n) is 2.55. The Morgan fingerprint density at radius 2 is 2.35 bits per heavy atom. The molecule has 1 aliphatic rings. The molecule has 1 aromatic carbocycles. The van der Waals surface area contributed by atoms with E-state index in [1.54, 1.807) is 0 Å². The highest BCUT2D eigenvalue weighted by Gasteiger charge is 2.16. The fraction of sp³-hybridized carbons (Fsp3) is 0.417. The predicted octanol–water partition coefficient (Wildman–Crippen LogP) is 1.46. The summed E-state index contributed by atoms with van der Waals surface area (Å²) in [7, 11) is 0. The molecule has 1 unspecified atom stereocenters. The molecule has 0 saturated carbocycles. The molecule has 1 saturated heterocycles. The molecule has 0 radical (unpaired) electrons. The lowest BCUT2D eigenvalue weighted by Crippen LogP contribution is -2.19. The van der Waals surface area contributed by atoms with E-state index in [9.17, 15) is 4.79 Å². The van der Waals surface area contributed by atoms with E-state index in [1.807, 2.05) is 24.3 Å². The number of para-hydroxylation sites is 1. The second-order valence-electron chi connectivity index (χ2n) is 3.96. The van der Waals surface area contributed by atoms with Crippen molar-refractivity contribution < 1.29 is 9.53 Å². The normalized spacial score (nSPS) is 19.2. The number of hydrogen-bond donors (Lipinski definition) is 2. The summed E-state index contributed by atoms with van der Waals surface area (Å²) in [5.74, 6) is 0.00820. The summed E-state index contributed by atoms with van der Waals surface area (Å²) in [6.45, 7) is 1.56. The van der Waals surface area contributed by atoms with Crippen molar-refractivity contribution in [3.05, 3.63) is 24.3 Å². The molecule has 1 heterocycles. The first kappa shape index (κ1) is 12.3. The number of thioether (sulfide) groups is 1. The van der Waals surface area contributed by atoms with Crippen LogP contribution in [0.1, 0.15) is 6.42 Å². The average Bonchev–Trinajstić information content (AvgIpc) is 2.80. The maximum Gasteiger partial charge on any atom is 0.227 e. The van der Waals surface area contributed by atoms with Crippen LogP contribution in [0.25, 0.3) is 0 Å². The molecule has 1 aromatic rings. The number of ether oxygens (including phenoxy) is 1. The summed E-state index contributed by atoms with van der Waals surface area (Å²) in [4.78, 5) is 11.8. The van der Waals surface area contributed by atoms with Gasteiger partial charge in [0.1, 0.15) is 0 Å². The standard InChI is InChI=1S/C12H16N2O2S/c13-12(15)8-17-11-4-2-1-3-10(11)14-9-5-6-16-7-9/h1-4,9,14H,5-8H2,(H2,13,15). The van der Waals surface area contributed by atoms with E-state index in [0.717, 1.165) is 30.2 Å². The highest BCUT2D eigenvalue weighted by atomic mass is 32.2. The van der Waals surface area contributed by atoms with Gasteiger partial charge in [0, 0.05) is 17.2 Å². The van der Waals surface area contributed by atoms with Gasteiger partial charge in [-0.3, -0.25) is 4.79 Å². The maximum atomic E-state index is 10.8. The number of hydrogen-bond acceptors (Lipinski definition) is 4. The third kappa shape index (κ3) is 3.64. The SMILES string of the molecule is NC(=O)CSc1ccccc1NC1CCOC1. The molecule has 2 rings (SSSR count). The number of primary amides is 1. The summed E-state index contributed by atoms with van der Waals surface area (Å²) in [6.07, 6.45) is 1.02. The van der Waals surface area contributed by atoms with Crippen molar-refractivity contribution in [2.24, 2.45) is 5.73 Å². The Hall–Kier alpha value is -1.20. The Balaban J connectivity index is 2.01. The van der Waals surface area contributed by atoms with E-state index < -0.39 is 0 Å². The van der Waals surface area contributed by atoms with Crippen LogP contribution in [0.15, 0.2) is 29.2 Å². The monoisotopic (exact) mass is 252 g/mol. The summed E-state index contributed by atoms with van der Waals surface area (Å²) < 4.78 is 5.32. The minimum absolute atomic E-state index is 0.297. The van der Waals surface area contributed by atoms with Crippen LogP contribution in [-0.4, -0.2) is 30.9 Å². The molecule has 3 N–H and O–H groups in total. The second-order valence-corrected chi connectivity index (χ2v) is 4.97. The number of rotatable bonds is 5. The number of carbonyl (C=O) groups is 1. The van der Waals surface area contributed by atoms with E-state index in [1.165, 1.54) is 11.8 Å². The highest BCUT2D eigenvalue weighted by molar-refractivity contribution is 8.00. The first-order chi connectivity index (χ1) is 8.25. The van der Waals surface area contributed by atoms with Crippen molar-refractivity contribution in [1.82, 2.24) is 0 Å². The molecule has 0 aromatic heterocycles. The van der Waals surface area contributed by atoms with Crippen LogP contribution in [0.2, 0.25) is 0 Å². The molecule has 1 amide bonds. The minimum Gasteiger partial charge on any atom is -0.379 e. The molecule has 1 fully saturated rings. The zero-order valence-electron chi connectivity index (χ0n) is 9.52. The Bertz CT molecular complexity index is 392. The van der Waals surface area contributed by atoms with E-state index in [4.69, 9.17) is 10.5 Å². The van der Waals surface area contributed by atoms with Gasteiger partial charge in [-0.25, -0.2) is 0 Å². The molecular formula is C12H16N2O2S. The van der Waals surface area contributed by atoms with Crippen molar-refractivity contribution in [1.29, 1.82) is 0 Å². The Morgan fingerprint density at radius 3 is 3.06 bits per heavy atom. The van der Waals surface area contributed by atoms with Crippen LogP contribution in [0.4, 0.5) is 5.69 Å². The molecule has 0 aliphatic carbocycles. The van der Waals surface area contributed by atoms with Gasteiger partial charge in [0.25, 0.3) is 0 Å². The van der Waals surface area contributed by atoms with Crippen molar-refractivity contribution in [3.8, 4) is 0 Å². The largest absolute Gasteiger partial charge is 0.379 e. The Morgan fingerprint density at radius 1 is 1.53 bits per heavy atom. The molecule has 5 heteroatoms. The lowest BCUT2D eigenvalue weighted by atomic mass is 10.2. The minimum atomic E-state index is -0.297. The number of nitrogens with one attached hydrogen (secondary N) is 1. The van der Waals surface area contributed by atoms with Gasteiger partial charge < -0.3 is 15.8 Å². The number of anilines is 1. The second kappa shape index (κ2) is 5.93. The first-order valence-corrected chi connectivity index (χ1v) is 6.58. The van der Waals surface area contributed by atoms with Gasteiger partial charge in [0.15, 0.2) is 0 Å². The molecule has 4 nitrogen and oxygen atoms in total. The van der Waals surface area contributed by atoms with Gasteiger partial charge in [0.05, 0.1) is 18.4 Å². The lowest BCUT2D eigenvalue weighted by Gasteiger charge is -2.15. The number of carbonyl (C=O) groups excluding carboxylic acids is 1. The smallest absolute Gasteiger partial charge is 0.227 e. The van der Waals surface area contributed by atoms with Gasteiger partial charge in [0.2, 0.25) is 5.91 Å². The van der Waals surface area contributed by atoms with Gasteiger partial charge >= 0.3 is 0 Å². The summed E-state index contributed by atoms with van der Waals surface area (Å²) in [5, 5.41) is 3.44. The third-order valence-corrected chi connectivity index (χ3v) is 3.64. The Labute approximate surface area is 105 Å². The molecule has 0 bridgehead atoms. The van der Waals surface area contributed by atoms with E-state index in [2.05, 4.69) is 5.32 Å². The van der Waals surface area contributed by atoms with Crippen LogP contribution in [0, 0.1) is 0 Å².